The monoisotopic (exact) mass is 466 g/mol. The molecule has 0 aliphatic carbocycles. The molecule has 1 amide bonds. The molecule has 3 aromatic rings. The van der Waals surface area contributed by atoms with Gasteiger partial charge in [-0.3, -0.25) is 14.2 Å². The molecule has 34 heavy (non-hydrogen) atoms. The Hall–Kier alpha value is -4.08. The van der Waals surface area contributed by atoms with Crippen LogP contribution in [0.25, 0.3) is 5.69 Å². The number of nitrogens with zero attached hydrogens (tertiary/aromatic N) is 4. The van der Waals surface area contributed by atoms with Crippen molar-refractivity contribution in [1.29, 1.82) is 0 Å². The van der Waals surface area contributed by atoms with Crippen molar-refractivity contribution in [1.82, 2.24) is 19.2 Å². The SMILES string of the molecule is COc1cccc(Cn2c(=O)c(C(=O)N3CCCC3)nn(-c3ccc(OC)c(OC)c3)c2=O)c1. The summed E-state index contributed by atoms with van der Waals surface area (Å²) in [5.41, 5.74) is -0.723. The first-order valence-electron chi connectivity index (χ1n) is 10.9. The van der Waals surface area contributed by atoms with Crippen molar-refractivity contribution in [2.24, 2.45) is 0 Å². The Balaban J connectivity index is 1.89. The fraction of sp³-hybridized carbons (Fsp3) is 0.333. The normalized spacial score (nSPS) is 13.1. The Bertz CT molecular complexity index is 1320. The molecule has 0 spiro atoms. The molecule has 2 aromatic carbocycles. The van der Waals surface area contributed by atoms with Gasteiger partial charge in [0, 0.05) is 19.2 Å². The minimum atomic E-state index is -0.735. The molecule has 0 unspecified atom stereocenters. The molecular formula is C24H26N4O6. The molecule has 0 saturated carbocycles. The van der Waals surface area contributed by atoms with E-state index in [0.717, 1.165) is 22.1 Å². The molecule has 178 valence electrons. The maximum Gasteiger partial charge on any atom is 0.352 e. The van der Waals surface area contributed by atoms with Gasteiger partial charge < -0.3 is 19.1 Å². The van der Waals surface area contributed by atoms with Crippen LogP contribution in [-0.4, -0.2) is 59.6 Å². The highest BCUT2D eigenvalue weighted by molar-refractivity contribution is 5.92. The van der Waals surface area contributed by atoms with E-state index in [-0.39, 0.29) is 12.2 Å². The van der Waals surface area contributed by atoms with Crippen LogP contribution in [0.15, 0.2) is 52.1 Å². The number of ether oxygens (including phenoxy) is 3. The van der Waals surface area contributed by atoms with Gasteiger partial charge in [-0.25, -0.2) is 4.79 Å². The number of carbonyl (C=O) groups is 1. The van der Waals surface area contributed by atoms with Crippen LogP contribution in [0.3, 0.4) is 0 Å². The van der Waals surface area contributed by atoms with Crippen molar-refractivity contribution in [3.8, 4) is 22.9 Å². The van der Waals surface area contributed by atoms with Gasteiger partial charge in [-0.05, 0) is 42.7 Å². The molecule has 1 aromatic heterocycles. The van der Waals surface area contributed by atoms with E-state index in [1.807, 2.05) is 0 Å². The molecule has 0 N–H and O–H groups in total. The standard InChI is InChI=1S/C24H26N4O6/c1-32-18-8-6-7-16(13-18)15-27-23(30)21(22(29)26-11-4-5-12-26)25-28(24(27)31)17-9-10-19(33-2)20(14-17)34-3/h6-10,13-14H,4-5,11-12,15H2,1-3H3. The second kappa shape index (κ2) is 9.82. The molecule has 4 rings (SSSR count). The average Bonchev–Trinajstić information content (AvgIpc) is 3.41. The van der Waals surface area contributed by atoms with Gasteiger partial charge in [0.15, 0.2) is 11.5 Å². The second-order valence-electron chi connectivity index (χ2n) is 7.82. The Labute approximate surface area is 195 Å². The number of carbonyl (C=O) groups excluding carboxylic acids is 1. The number of hydrogen-bond donors (Lipinski definition) is 0. The summed E-state index contributed by atoms with van der Waals surface area (Å²) in [5, 5.41) is 4.21. The van der Waals surface area contributed by atoms with Crippen molar-refractivity contribution < 1.29 is 19.0 Å². The van der Waals surface area contributed by atoms with Crippen LogP contribution < -0.4 is 25.5 Å². The van der Waals surface area contributed by atoms with Crippen molar-refractivity contribution >= 4 is 5.91 Å². The van der Waals surface area contributed by atoms with Gasteiger partial charge >= 0.3 is 5.69 Å². The van der Waals surface area contributed by atoms with Crippen molar-refractivity contribution in [2.75, 3.05) is 34.4 Å². The van der Waals surface area contributed by atoms with Gasteiger partial charge in [0.05, 0.1) is 33.6 Å². The Morgan fingerprint density at radius 2 is 1.68 bits per heavy atom. The molecular weight excluding hydrogens is 440 g/mol. The number of aromatic nitrogens is 3. The molecule has 2 heterocycles. The predicted octanol–water partition coefficient (Wildman–Crippen LogP) is 1.70. The van der Waals surface area contributed by atoms with E-state index in [2.05, 4.69) is 5.10 Å². The first-order valence-corrected chi connectivity index (χ1v) is 10.9. The van der Waals surface area contributed by atoms with Gasteiger partial charge in [-0.1, -0.05) is 12.1 Å². The van der Waals surface area contributed by atoms with Crippen molar-refractivity contribution in [3.05, 3.63) is 74.6 Å². The molecule has 1 saturated heterocycles. The Morgan fingerprint density at radius 3 is 2.35 bits per heavy atom. The number of likely N-dealkylation sites (tertiary alicyclic amines) is 1. The fourth-order valence-corrected chi connectivity index (χ4v) is 3.94. The van der Waals surface area contributed by atoms with Crippen molar-refractivity contribution in [3.63, 3.8) is 0 Å². The lowest BCUT2D eigenvalue weighted by molar-refractivity contribution is 0.0781. The highest BCUT2D eigenvalue weighted by atomic mass is 16.5. The minimum absolute atomic E-state index is 0.0506. The van der Waals surface area contributed by atoms with Gasteiger partial charge in [0.2, 0.25) is 5.69 Å². The van der Waals surface area contributed by atoms with E-state index < -0.39 is 17.2 Å². The Morgan fingerprint density at radius 1 is 0.941 bits per heavy atom. The zero-order valence-electron chi connectivity index (χ0n) is 19.3. The summed E-state index contributed by atoms with van der Waals surface area (Å²) in [7, 11) is 4.52. The van der Waals surface area contributed by atoms with E-state index in [1.165, 1.54) is 21.3 Å². The molecule has 10 heteroatoms. The smallest absolute Gasteiger partial charge is 0.352 e. The number of amides is 1. The third-order valence-electron chi connectivity index (χ3n) is 5.74. The topological polar surface area (TPSA) is 105 Å². The summed E-state index contributed by atoms with van der Waals surface area (Å²) in [5.74, 6) is 0.952. The fourth-order valence-electron chi connectivity index (χ4n) is 3.94. The van der Waals surface area contributed by atoms with Crippen LogP contribution in [0.5, 0.6) is 17.2 Å². The third kappa shape index (κ3) is 4.39. The summed E-state index contributed by atoms with van der Waals surface area (Å²) < 4.78 is 17.9. The quantitative estimate of drug-likeness (QED) is 0.522. The van der Waals surface area contributed by atoms with Gasteiger partial charge in [-0.15, -0.1) is 0 Å². The highest BCUT2D eigenvalue weighted by Crippen LogP contribution is 2.28. The maximum absolute atomic E-state index is 13.4. The molecule has 0 atom stereocenters. The van der Waals surface area contributed by atoms with Gasteiger partial charge in [0.25, 0.3) is 11.5 Å². The van der Waals surface area contributed by atoms with Crippen LogP contribution >= 0.6 is 0 Å². The van der Waals surface area contributed by atoms with Crippen LogP contribution in [0.4, 0.5) is 0 Å². The van der Waals surface area contributed by atoms with Crippen LogP contribution in [-0.2, 0) is 6.54 Å². The molecule has 1 fully saturated rings. The number of benzene rings is 2. The summed E-state index contributed by atoms with van der Waals surface area (Å²) in [4.78, 5) is 41.5. The summed E-state index contributed by atoms with van der Waals surface area (Å²) >= 11 is 0. The lowest BCUT2D eigenvalue weighted by Gasteiger charge is -2.17. The van der Waals surface area contributed by atoms with E-state index in [1.54, 1.807) is 47.4 Å². The number of methoxy groups -OCH3 is 3. The Kier molecular flexibility index (Phi) is 6.67. The molecule has 1 aliphatic heterocycles. The first kappa shape index (κ1) is 23.1. The van der Waals surface area contributed by atoms with E-state index >= 15 is 0 Å². The third-order valence-corrected chi connectivity index (χ3v) is 5.74. The molecule has 1 aliphatic rings. The highest BCUT2D eigenvalue weighted by Gasteiger charge is 2.27. The van der Waals surface area contributed by atoms with E-state index in [9.17, 15) is 14.4 Å². The lowest BCUT2D eigenvalue weighted by atomic mass is 10.2. The summed E-state index contributed by atoms with van der Waals surface area (Å²) in [6.07, 6.45) is 1.72. The summed E-state index contributed by atoms with van der Waals surface area (Å²) in [6.45, 7) is 1.04. The van der Waals surface area contributed by atoms with Gasteiger partial charge in [-0.2, -0.15) is 9.78 Å². The zero-order chi connectivity index (χ0) is 24.2. The van der Waals surface area contributed by atoms with E-state index in [0.29, 0.717) is 41.6 Å². The molecule has 0 bridgehead atoms. The van der Waals surface area contributed by atoms with E-state index in [4.69, 9.17) is 14.2 Å². The average molecular weight is 466 g/mol. The predicted molar refractivity (Wildman–Crippen MR) is 124 cm³/mol. The van der Waals surface area contributed by atoms with Crippen LogP contribution in [0.1, 0.15) is 28.9 Å². The van der Waals surface area contributed by atoms with Crippen LogP contribution in [0.2, 0.25) is 0 Å². The second-order valence-corrected chi connectivity index (χ2v) is 7.82. The number of hydrogen-bond acceptors (Lipinski definition) is 7. The van der Waals surface area contributed by atoms with Crippen molar-refractivity contribution in [2.45, 2.75) is 19.4 Å². The largest absolute Gasteiger partial charge is 0.497 e. The minimum Gasteiger partial charge on any atom is -0.497 e. The zero-order valence-corrected chi connectivity index (χ0v) is 19.3. The summed E-state index contributed by atoms with van der Waals surface area (Å²) in [6, 6.07) is 11.8. The maximum atomic E-state index is 13.4. The number of rotatable bonds is 7. The first-order chi connectivity index (χ1) is 16.5. The van der Waals surface area contributed by atoms with Crippen LogP contribution in [0, 0.1) is 0 Å². The van der Waals surface area contributed by atoms with Gasteiger partial charge in [0.1, 0.15) is 5.75 Å². The lowest BCUT2D eigenvalue weighted by Crippen LogP contribution is -2.46. The molecule has 0 radical (unpaired) electrons. The molecule has 10 nitrogen and oxygen atoms in total.